The zero-order chi connectivity index (χ0) is 32.3. The highest BCUT2D eigenvalue weighted by Crippen LogP contribution is 2.38. The van der Waals surface area contributed by atoms with Crippen LogP contribution >= 0.6 is 11.6 Å². The molecule has 0 atom stereocenters. The molecule has 1 amide bonds. The van der Waals surface area contributed by atoms with E-state index in [1.807, 2.05) is 18.3 Å². The number of benzene rings is 2. The van der Waals surface area contributed by atoms with Gasteiger partial charge in [-0.3, -0.25) is 9.48 Å². The van der Waals surface area contributed by atoms with Gasteiger partial charge >= 0.3 is 0 Å². The van der Waals surface area contributed by atoms with Crippen LogP contribution in [0, 0.1) is 5.82 Å². The zero-order valence-corrected chi connectivity index (χ0v) is 27.0. The number of amides is 1. The molecule has 0 bridgehead atoms. The maximum Gasteiger partial charge on any atom is 0.245 e. The van der Waals surface area contributed by atoms with E-state index in [4.69, 9.17) is 26.2 Å². The van der Waals surface area contributed by atoms with E-state index < -0.39 is 5.82 Å². The Morgan fingerprint density at radius 3 is 2.55 bits per heavy atom. The summed E-state index contributed by atoms with van der Waals surface area (Å²) in [6, 6.07) is 9.38. The van der Waals surface area contributed by atoms with Crippen LogP contribution in [0.3, 0.4) is 0 Å². The van der Waals surface area contributed by atoms with Crippen molar-refractivity contribution in [1.29, 1.82) is 0 Å². The number of nitrogens with zero attached hydrogens (tertiary/aromatic N) is 6. The first-order valence-electron chi connectivity index (χ1n) is 16.4. The minimum atomic E-state index is -0.489. The highest BCUT2D eigenvalue weighted by molar-refractivity contribution is 6.31. The number of likely N-dealkylation sites (tertiary alicyclic amines) is 2. The van der Waals surface area contributed by atoms with Gasteiger partial charge in [0, 0.05) is 86.7 Å². The smallest absolute Gasteiger partial charge is 0.245 e. The maximum atomic E-state index is 13.8. The topological polar surface area (TPSA) is 97.6 Å². The molecule has 0 saturated carbocycles. The second-order valence-corrected chi connectivity index (χ2v) is 12.9. The number of piperidine rings is 2. The highest BCUT2D eigenvalue weighted by atomic mass is 35.5. The summed E-state index contributed by atoms with van der Waals surface area (Å²) in [4.78, 5) is 25.7. The van der Waals surface area contributed by atoms with Gasteiger partial charge in [-0.2, -0.15) is 5.10 Å². The molecule has 0 radical (unpaired) electrons. The average molecular weight is 660 g/mol. The standard InChI is InChI=1S/C35H39ClFN7O3/c1-2-34(45)43-13-7-27(8-14-43)47-33-19-29-32(38-22-39-35(29)41-24-3-4-31(37)30(36)17-24)18-28(33)23-20-40-44(21-23)26-5-11-42(12-6-26)25-9-15-46-16-10-25/h2-4,17-22,25-27H,1,5-16H2,(H,38,39,41). The fraction of sp³-hybridized carbons (Fsp3) is 0.429. The molecule has 2 aromatic carbocycles. The second kappa shape index (κ2) is 14.0. The second-order valence-electron chi connectivity index (χ2n) is 12.5. The molecule has 3 aliphatic heterocycles. The predicted octanol–water partition coefficient (Wildman–Crippen LogP) is 6.40. The van der Waals surface area contributed by atoms with Crippen LogP contribution in [0.15, 0.2) is 61.7 Å². The third-order valence-electron chi connectivity index (χ3n) is 9.63. The number of hydrogen-bond donors (Lipinski definition) is 1. The number of carbonyl (C=O) groups is 1. The van der Waals surface area contributed by atoms with Crippen molar-refractivity contribution in [3.8, 4) is 16.9 Å². The molecule has 0 spiro atoms. The van der Waals surface area contributed by atoms with Crippen LogP contribution in [-0.2, 0) is 9.53 Å². The van der Waals surface area contributed by atoms with Gasteiger partial charge in [0.25, 0.3) is 0 Å². The van der Waals surface area contributed by atoms with E-state index in [2.05, 4.69) is 37.6 Å². The molecule has 1 N–H and O–H groups in total. The lowest BCUT2D eigenvalue weighted by atomic mass is 9.99. The van der Waals surface area contributed by atoms with Crippen LogP contribution in [0.1, 0.15) is 44.6 Å². The van der Waals surface area contributed by atoms with Crippen LogP contribution in [0.4, 0.5) is 15.9 Å². The summed E-state index contributed by atoms with van der Waals surface area (Å²) >= 11 is 6.05. The largest absolute Gasteiger partial charge is 0.490 e. The third-order valence-corrected chi connectivity index (χ3v) is 9.92. The zero-order valence-electron chi connectivity index (χ0n) is 26.3. The van der Waals surface area contributed by atoms with E-state index in [9.17, 15) is 9.18 Å². The van der Waals surface area contributed by atoms with Gasteiger partial charge in [-0.15, -0.1) is 0 Å². The Labute approximate surface area is 278 Å². The van der Waals surface area contributed by atoms with Gasteiger partial charge in [0.05, 0.1) is 22.8 Å². The predicted molar refractivity (Wildman–Crippen MR) is 180 cm³/mol. The first-order valence-corrected chi connectivity index (χ1v) is 16.8. The number of aromatic nitrogens is 4. The number of anilines is 2. The van der Waals surface area contributed by atoms with Gasteiger partial charge in [-0.05, 0) is 62.1 Å². The molecule has 7 rings (SSSR count). The van der Waals surface area contributed by atoms with E-state index in [0.717, 1.165) is 74.0 Å². The van der Waals surface area contributed by atoms with Crippen molar-refractivity contribution in [2.24, 2.45) is 0 Å². The molecule has 10 nitrogen and oxygen atoms in total. The summed E-state index contributed by atoms with van der Waals surface area (Å²) in [5, 5.41) is 8.86. The Bertz CT molecular complexity index is 1740. The molecule has 3 fully saturated rings. The van der Waals surface area contributed by atoms with Crippen molar-refractivity contribution in [1.82, 2.24) is 29.5 Å². The number of hydrogen-bond acceptors (Lipinski definition) is 8. The average Bonchev–Trinajstić information content (AvgIpc) is 3.61. The monoisotopic (exact) mass is 659 g/mol. The molecular formula is C35H39ClFN7O3. The highest BCUT2D eigenvalue weighted by Gasteiger charge is 2.28. The summed E-state index contributed by atoms with van der Waals surface area (Å²) in [6.07, 6.45) is 12.5. The number of nitrogens with one attached hydrogen (secondary N) is 1. The van der Waals surface area contributed by atoms with Crippen molar-refractivity contribution >= 4 is 39.9 Å². The van der Waals surface area contributed by atoms with Crippen LogP contribution in [0.5, 0.6) is 5.75 Å². The fourth-order valence-corrected chi connectivity index (χ4v) is 7.14. The molecule has 12 heteroatoms. The van der Waals surface area contributed by atoms with Crippen molar-refractivity contribution < 1.29 is 18.7 Å². The molecule has 5 heterocycles. The Hall–Kier alpha value is -4.06. The van der Waals surface area contributed by atoms with Gasteiger partial charge in [-0.1, -0.05) is 18.2 Å². The summed E-state index contributed by atoms with van der Waals surface area (Å²) in [7, 11) is 0. The van der Waals surface area contributed by atoms with E-state index in [1.54, 1.807) is 11.0 Å². The Morgan fingerprint density at radius 2 is 1.81 bits per heavy atom. The number of rotatable bonds is 8. The number of halogens is 2. The molecule has 3 aliphatic rings. The summed E-state index contributed by atoms with van der Waals surface area (Å²) in [5.74, 6) is 0.688. The van der Waals surface area contributed by atoms with Gasteiger partial charge in [0.2, 0.25) is 5.91 Å². The van der Waals surface area contributed by atoms with Crippen LogP contribution < -0.4 is 10.1 Å². The van der Waals surface area contributed by atoms with Crippen LogP contribution in [0.2, 0.25) is 5.02 Å². The summed E-state index contributed by atoms with van der Waals surface area (Å²) in [6.45, 7) is 8.67. The minimum absolute atomic E-state index is 0.0206. The van der Waals surface area contributed by atoms with E-state index in [1.165, 1.54) is 24.5 Å². The third kappa shape index (κ3) is 6.97. The quantitative estimate of drug-likeness (QED) is 0.217. The number of carbonyl (C=O) groups excluding carboxylic acids is 1. The van der Waals surface area contributed by atoms with Crippen molar-refractivity contribution in [2.45, 2.75) is 56.7 Å². The van der Waals surface area contributed by atoms with Gasteiger partial charge in [0.15, 0.2) is 0 Å². The van der Waals surface area contributed by atoms with Gasteiger partial charge in [0.1, 0.15) is 29.8 Å². The Morgan fingerprint density at radius 1 is 1.02 bits per heavy atom. The van der Waals surface area contributed by atoms with Crippen LogP contribution in [0.25, 0.3) is 22.0 Å². The molecule has 0 unspecified atom stereocenters. The number of ether oxygens (including phenoxy) is 2. The van der Waals surface area contributed by atoms with Gasteiger partial charge < -0.3 is 24.6 Å². The maximum absolute atomic E-state index is 13.8. The lowest BCUT2D eigenvalue weighted by Gasteiger charge is -2.39. The molecule has 2 aromatic heterocycles. The lowest BCUT2D eigenvalue weighted by Crippen LogP contribution is -2.44. The normalized spacial score (nSPS) is 18.8. The molecule has 47 heavy (non-hydrogen) atoms. The van der Waals surface area contributed by atoms with E-state index in [-0.39, 0.29) is 17.0 Å². The van der Waals surface area contributed by atoms with E-state index in [0.29, 0.717) is 55.3 Å². The molecular weight excluding hydrogens is 621 g/mol. The summed E-state index contributed by atoms with van der Waals surface area (Å²) in [5.41, 5.74) is 3.17. The van der Waals surface area contributed by atoms with Crippen molar-refractivity contribution in [3.05, 3.63) is 72.5 Å². The lowest BCUT2D eigenvalue weighted by molar-refractivity contribution is -0.127. The molecule has 0 aliphatic carbocycles. The molecule has 3 saturated heterocycles. The SMILES string of the molecule is C=CC(=O)N1CCC(Oc2cc3c(Nc4ccc(F)c(Cl)c4)ncnc3cc2-c2cnn(C3CCN(C4CCOCC4)CC3)c2)CC1. The molecule has 4 aromatic rings. The van der Waals surface area contributed by atoms with Crippen LogP contribution in [-0.4, -0.2) is 87.0 Å². The number of fused-ring (bicyclic) bond motifs is 1. The fourth-order valence-electron chi connectivity index (χ4n) is 6.96. The van der Waals surface area contributed by atoms with Crippen molar-refractivity contribution in [3.63, 3.8) is 0 Å². The Kier molecular flexibility index (Phi) is 9.37. The summed E-state index contributed by atoms with van der Waals surface area (Å²) < 4.78 is 28.2. The molecule has 246 valence electrons. The van der Waals surface area contributed by atoms with Crippen molar-refractivity contribution in [2.75, 3.05) is 44.7 Å². The Balaban J connectivity index is 1.16. The van der Waals surface area contributed by atoms with Gasteiger partial charge in [-0.25, -0.2) is 14.4 Å². The van der Waals surface area contributed by atoms with E-state index >= 15 is 0 Å². The minimum Gasteiger partial charge on any atom is -0.490 e. The first kappa shape index (κ1) is 31.5. The first-order chi connectivity index (χ1) is 22.9.